The zero-order valence-electron chi connectivity index (χ0n) is 17.5. The summed E-state index contributed by atoms with van der Waals surface area (Å²) in [6.07, 6.45) is 7.73. The Morgan fingerprint density at radius 3 is 2.65 bits per heavy atom. The van der Waals surface area contributed by atoms with Gasteiger partial charge in [0.15, 0.2) is 0 Å². The highest BCUT2D eigenvalue weighted by Crippen LogP contribution is 2.40. The third-order valence-electron chi connectivity index (χ3n) is 6.54. The molecule has 31 heavy (non-hydrogen) atoms. The van der Waals surface area contributed by atoms with Crippen LogP contribution in [-0.2, 0) is 20.8 Å². The Morgan fingerprint density at radius 1 is 1.19 bits per heavy atom. The first kappa shape index (κ1) is 25.4. The number of hydrogen-bond donors (Lipinski definition) is 2. The van der Waals surface area contributed by atoms with Crippen LogP contribution < -0.4 is 10.6 Å². The zero-order chi connectivity index (χ0) is 20.3. The van der Waals surface area contributed by atoms with Crippen molar-refractivity contribution in [1.82, 2.24) is 25.4 Å². The van der Waals surface area contributed by atoms with E-state index in [1.54, 1.807) is 6.20 Å². The van der Waals surface area contributed by atoms with Crippen molar-refractivity contribution in [3.63, 3.8) is 0 Å². The molecule has 3 saturated heterocycles. The van der Waals surface area contributed by atoms with Crippen LogP contribution in [0.2, 0.25) is 0 Å². The number of nitrogens with zero attached hydrogens (tertiary/aromatic N) is 3. The maximum atomic E-state index is 12.7. The molecule has 2 N–H and O–H groups in total. The number of aromatic nitrogens is 1. The fourth-order valence-electron chi connectivity index (χ4n) is 4.72. The quantitative estimate of drug-likeness (QED) is 0.676. The Bertz CT molecular complexity index is 772. The second-order valence-electron chi connectivity index (χ2n) is 8.50. The molecule has 0 aromatic carbocycles. The molecule has 172 valence electrons. The highest BCUT2D eigenvalue weighted by molar-refractivity contribution is 5.89. The summed E-state index contributed by atoms with van der Waals surface area (Å²) in [7, 11) is 0. The van der Waals surface area contributed by atoms with Crippen LogP contribution in [0.3, 0.4) is 0 Å². The minimum absolute atomic E-state index is 0. The molecule has 0 radical (unpaired) electrons. The van der Waals surface area contributed by atoms with Gasteiger partial charge in [0, 0.05) is 51.5 Å². The molecule has 1 spiro atoms. The summed E-state index contributed by atoms with van der Waals surface area (Å²) < 4.78 is 0. The maximum absolute atomic E-state index is 12.7. The normalized spacial score (nSPS) is 22.9. The van der Waals surface area contributed by atoms with Crippen molar-refractivity contribution in [2.45, 2.75) is 38.1 Å². The molecule has 3 fully saturated rings. The number of nitrogens with one attached hydrogen (secondary N) is 2. The first-order valence-corrected chi connectivity index (χ1v) is 10.5. The Kier molecular flexibility index (Phi) is 9.09. The van der Waals surface area contributed by atoms with Gasteiger partial charge in [-0.3, -0.25) is 19.4 Å². The predicted molar refractivity (Wildman–Crippen MR) is 121 cm³/mol. The minimum atomic E-state index is -0.464. The average Bonchev–Trinajstić information content (AvgIpc) is 2.75. The lowest BCUT2D eigenvalue weighted by atomic mass is 9.72. The van der Waals surface area contributed by atoms with Gasteiger partial charge >= 0.3 is 0 Å². The van der Waals surface area contributed by atoms with Gasteiger partial charge in [0.25, 0.3) is 0 Å². The van der Waals surface area contributed by atoms with Gasteiger partial charge in [-0.25, -0.2) is 0 Å². The predicted octanol–water partition coefficient (Wildman–Crippen LogP) is 0.787. The number of likely N-dealkylation sites (tertiary alicyclic amines) is 2. The van der Waals surface area contributed by atoms with Crippen LogP contribution in [-0.4, -0.2) is 77.8 Å². The first-order valence-electron chi connectivity index (χ1n) is 10.5. The number of rotatable bonds is 4. The Balaban J connectivity index is 0.00000171. The van der Waals surface area contributed by atoms with Crippen LogP contribution in [0.15, 0.2) is 24.5 Å². The highest BCUT2D eigenvalue weighted by Gasteiger charge is 2.42. The molecule has 3 aliphatic rings. The number of piperazine rings is 1. The van der Waals surface area contributed by atoms with Crippen LogP contribution in [0.25, 0.3) is 0 Å². The summed E-state index contributed by atoms with van der Waals surface area (Å²) in [6, 6.07) is 3.50. The lowest BCUT2D eigenvalue weighted by Gasteiger charge is -2.48. The first-order chi connectivity index (χ1) is 14.0. The maximum Gasteiger partial charge on any atom is 0.246 e. The topological polar surface area (TPSA) is 94.6 Å². The number of piperidine rings is 2. The third-order valence-corrected chi connectivity index (χ3v) is 6.54. The molecule has 10 heteroatoms. The van der Waals surface area contributed by atoms with E-state index in [9.17, 15) is 14.4 Å². The van der Waals surface area contributed by atoms with Crippen molar-refractivity contribution < 1.29 is 14.4 Å². The monoisotopic (exact) mass is 471 g/mol. The fraction of sp³-hybridized carbons (Fsp3) is 0.619. The van der Waals surface area contributed by atoms with Gasteiger partial charge in [-0.05, 0) is 42.7 Å². The van der Waals surface area contributed by atoms with Crippen molar-refractivity contribution in [2.75, 3.05) is 39.3 Å². The number of carbonyl (C=O) groups excluding carboxylic acids is 3. The zero-order valence-corrected chi connectivity index (χ0v) is 19.2. The van der Waals surface area contributed by atoms with E-state index in [0.29, 0.717) is 32.6 Å². The van der Waals surface area contributed by atoms with Crippen LogP contribution in [0.4, 0.5) is 0 Å². The van der Waals surface area contributed by atoms with E-state index in [-0.39, 0.29) is 54.5 Å². The molecule has 1 unspecified atom stereocenters. The summed E-state index contributed by atoms with van der Waals surface area (Å²) in [5, 5.41) is 5.77. The van der Waals surface area contributed by atoms with Gasteiger partial charge in [0.1, 0.15) is 6.04 Å². The summed E-state index contributed by atoms with van der Waals surface area (Å²) in [5.74, 6) is 0.105. The molecule has 0 saturated carbocycles. The molecular formula is C21H31Cl2N5O3. The average molecular weight is 472 g/mol. The molecule has 4 rings (SSSR count). The van der Waals surface area contributed by atoms with E-state index < -0.39 is 6.04 Å². The number of carbonyl (C=O) groups is 3. The second-order valence-corrected chi connectivity index (χ2v) is 8.50. The molecule has 0 aliphatic carbocycles. The van der Waals surface area contributed by atoms with Crippen molar-refractivity contribution in [3.8, 4) is 0 Å². The third kappa shape index (κ3) is 6.08. The van der Waals surface area contributed by atoms with Gasteiger partial charge in [0.2, 0.25) is 17.7 Å². The summed E-state index contributed by atoms with van der Waals surface area (Å²) in [5.41, 5.74) is 1.25. The lowest BCUT2D eigenvalue weighted by Crippen LogP contribution is -2.61. The Hall–Kier alpha value is -1.90. The molecule has 8 nitrogen and oxygen atoms in total. The van der Waals surface area contributed by atoms with Crippen LogP contribution in [0, 0.1) is 5.41 Å². The minimum Gasteiger partial charge on any atom is -0.342 e. The Labute approximate surface area is 195 Å². The SMILES string of the molecule is Cl.Cl.O=C1CNCC(C(=O)N2CCC3(CCC(=O)N(CCc4cccnc4)C3)CC2)N1. The highest BCUT2D eigenvalue weighted by atomic mass is 35.5. The molecule has 4 heterocycles. The van der Waals surface area contributed by atoms with Crippen molar-refractivity contribution in [1.29, 1.82) is 0 Å². The molecular weight excluding hydrogens is 441 g/mol. The van der Waals surface area contributed by atoms with Crippen LogP contribution in [0.5, 0.6) is 0 Å². The number of halogens is 2. The Morgan fingerprint density at radius 2 is 1.97 bits per heavy atom. The summed E-state index contributed by atoms with van der Waals surface area (Å²) in [6.45, 7) is 3.63. The van der Waals surface area contributed by atoms with Crippen molar-refractivity contribution >= 4 is 42.5 Å². The van der Waals surface area contributed by atoms with Gasteiger partial charge in [-0.1, -0.05) is 6.07 Å². The van der Waals surface area contributed by atoms with Crippen molar-refractivity contribution in [3.05, 3.63) is 30.1 Å². The number of hydrogen-bond acceptors (Lipinski definition) is 5. The second kappa shape index (κ2) is 11.1. The van der Waals surface area contributed by atoms with Crippen LogP contribution in [0.1, 0.15) is 31.2 Å². The van der Waals surface area contributed by atoms with E-state index in [1.165, 1.54) is 0 Å². The van der Waals surface area contributed by atoms with E-state index in [0.717, 1.165) is 37.8 Å². The van der Waals surface area contributed by atoms with Gasteiger partial charge in [-0.2, -0.15) is 0 Å². The van der Waals surface area contributed by atoms with Gasteiger partial charge in [0.05, 0.1) is 6.54 Å². The molecule has 1 aromatic heterocycles. The van der Waals surface area contributed by atoms with E-state index >= 15 is 0 Å². The molecule has 3 amide bonds. The largest absolute Gasteiger partial charge is 0.342 e. The molecule has 0 bridgehead atoms. The molecule has 1 aromatic rings. The van der Waals surface area contributed by atoms with Crippen LogP contribution >= 0.6 is 24.8 Å². The summed E-state index contributed by atoms with van der Waals surface area (Å²) >= 11 is 0. The van der Waals surface area contributed by atoms with Crippen molar-refractivity contribution in [2.24, 2.45) is 5.41 Å². The standard InChI is InChI=1S/C21H29N5O3.2ClH/c27-18-14-23-13-17(24-18)20(29)25-10-6-21(7-11-25)5-3-19(28)26(15-21)9-4-16-2-1-8-22-12-16;;/h1-2,8,12,17,23H,3-7,9-11,13-15H2,(H,24,27);2*1H. The smallest absolute Gasteiger partial charge is 0.246 e. The van der Waals surface area contributed by atoms with E-state index in [2.05, 4.69) is 15.6 Å². The summed E-state index contributed by atoms with van der Waals surface area (Å²) in [4.78, 5) is 44.8. The van der Waals surface area contributed by atoms with Gasteiger partial charge in [-0.15, -0.1) is 24.8 Å². The van der Waals surface area contributed by atoms with Gasteiger partial charge < -0.3 is 20.4 Å². The molecule has 3 aliphatic heterocycles. The molecule has 1 atom stereocenters. The lowest BCUT2D eigenvalue weighted by molar-refractivity contribution is -0.144. The van der Waals surface area contributed by atoms with E-state index in [1.807, 2.05) is 28.1 Å². The number of amides is 3. The fourth-order valence-corrected chi connectivity index (χ4v) is 4.72. The number of pyridine rings is 1. The van der Waals surface area contributed by atoms with E-state index in [4.69, 9.17) is 0 Å².